The Morgan fingerprint density at radius 3 is 2.50 bits per heavy atom. The zero-order chi connectivity index (χ0) is 14.0. The van der Waals surface area contributed by atoms with Gasteiger partial charge in [-0.1, -0.05) is 48.5 Å². The average molecular weight is 266 g/mol. The molecule has 0 bridgehead atoms. The van der Waals surface area contributed by atoms with Gasteiger partial charge in [0.05, 0.1) is 5.54 Å². The number of likely N-dealkylation sites (N-methyl/N-ethyl adjacent to an activating group) is 1. The number of hydrogen-bond acceptors (Lipinski definition) is 2. The van der Waals surface area contributed by atoms with E-state index in [1.165, 1.54) is 16.8 Å². The Morgan fingerprint density at radius 2 is 1.75 bits per heavy atom. The number of fused-ring (bicyclic) bond motifs is 1. The van der Waals surface area contributed by atoms with Crippen LogP contribution in [0.4, 0.5) is 5.69 Å². The molecule has 0 saturated carbocycles. The second kappa shape index (κ2) is 5.29. The molecule has 0 aliphatic carbocycles. The first-order valence-electron chi connectivity index (χ1n) is 7.36. The second-order valence-corrected chi connectivity index (χ2v) is 5.69. The molecular weight excluding hydrogens is 244 g/mol. The minimum Gasteiger partial charge on any atom is -0.369 e. The maximum atomic E-state index is 3.75. The SMILES string of the molecule is CCN1CC(C)(c2ccccc2)NCc2ccccc21. The van der Waals surface area contributed by atoms with Crippen molar-refractivity contribution in [3.05, 3.63) is 65.7 Å². The molecule has 0 radical (unpaired) electrons. The minimum absolute atomic E-state index is 0.0176. The van der Waals surface area contributed by atoms with E-state index in [-0.39, 0.29) is 5.54 Å². The van der Waals surface area contributed by atoms with Crippen LogP contribution in [0.3, 0.4) is 0 Å². The van der Waals surface area contributed by atoms with E-state index in [9.17, 15) is 0 Å². The molecule has 1 aliphatic rings. The Hall–Kier alpha value is -1.80. The monoisotopic (exact) mass is 266 g/mol. The van der Waals surface area contributed by atoms with Crippen molar-refractivity contribution in [2.45, 2.75) is 25.9 Å². The predicted molar refractivity (Wildman–Crippen MR) is 85.0 cm³/mol. The van der Waals surface area contributed by atoms with E-state index in [4.69, 9.17) is 0 Å². The number of anilines is 1. The van der Waals surface area contributed by atoms with Gasteiger partial charge in [0.25, 0.3) is 0 Å². The van der Waals surface area contributed by atoms with Crippen LogP contribution in [0.5, 0.6) is 0 Å². The lowest BCUT2D eigenvalue weighted by atomic mass is 9.91. The van der Waals surface area contributed by atoms with Crippen LogP contribution in [0.1, 0.15) is 25.0 Å². The van der Waals surface area contributed by atoms with Crippen LogP contribution in [0, 0.1) is 0 Å². The second-order valence-electron chi connectivity index (χ2n) is 5.69. The first-order chi connectivity index (χ1) is 9.73. The van der Waals surface area contributed by atoms with Gasteiger partial charge in [0, 0.05) is 25.3 Å². The van der Waals surface area contributed by atoms with E-state index >= 15 is 0 Å². The third kappa shape index (κ3) is 2.32. The maximum Gasteiger partial charge on any atom is 0.0586 e. The number of nitrogens with zero attached hydrogens (tertiary/aromatic N) is 1. The van der Waals surface area contributed by atoms with Gasteiger partial charge in [-0.15, -0.1) is 0 Å². The van der Waals surface area contributed by atoms with Crippen LogP contribution >= 0.6 is 0 Å². The van der Waals surface area contributed by atoms with Crippen molar-refractivity contribution < 1.29 is 0 Å². The molecule has 0 fully saturated rings. The van der Waals surface area contributed by atoms with E-state index < -0.39 is 0 Å². The lowest BCUT2D eigenvalue weighted by molar-refractivity contribution is 0.374. The fourth-order valence-corrected chi connectivity index (χ4v) is 3.06. The van der Waals surface area contributed by atoms with Crippen LogP contribution in [-0.2, 0) is 12.1 Å². The standard InChI is InChI=1S/C18H22N2/c1-3-20-14-18(2,16-10-5-4-6-11-16)19-13-15-9-7-8-12-17(15)20/h4-12,19H,3,13-14H2,1-2H3. The van der Waals surface area contributed by atoms with Gasteiger partial charge in [0.1, 0.15) is 0 Å². The highest BCUT2D eigenvalue weighted by Crippen LogP contribution is 2.31. The van der Waals surface area contributed by atoms with Crippen molar-refractivity contribution in [1.82, 2.24) is 5.32 Å². The Morgan fingerprint density at radius 1 is 1.05 bits per heavy atom. The molecule has 1 atom stereocenters. The molecule has 1 N–H and O–H groups in total. The summed E-state index contributed by atoms with van der Waals surface area (Å²) in [5, 5.41) is 3.75. The van der Waals surface area contributed by atoms with Gasteiger partial charge in [-0.25, -0.2) is 0 Å². The summed E-state index contributed by atoms with van der Waals surface area (Å²) in [6.07, 6.45) is 0. The minimum atomic E-state index is -0.0176. The predicted octanol–water partition coefficient (Wildman–Crippen LogP) is 3.53. The third-order valence-corrected chi connectivity index (χ3v) is 4.30. The maximum absolute atomic E-state index is 3.75. The summed E-state index contributed by atoms with van der Waals surface area (Å²) in [4.78, 5) is 2.47. The van der Waals surface area contributed by atoms with Gasteiger partial charge in [-0.2, -0.15) is 0 Å². The average Bonchev–Trinajstić information content (AvgIpc) is 2.66. The van der Waals surface area contributed by atoms with Gasteiger partial charge in [0.2, 0.25) is 0 Å². The highest BCUT2D eigenvalue weighted by atomic mass is 15.2. The fraction of sp³-hybridized carbons (Fsp3) is 0.333. The molecule has 2 aromatic rings. The largest absolute Gasteiger partial charge is 0.369 e. The van der Waals surface area contributed by atoms with E-state index in [1.54, 1.807) is 0 Å². The van der Waals surface area contributed by atoms with Crippen molar-refractivity contribution in [3.63, 3.8) is 0 Å². The third-order valence-electron chi connectivity index (χ3n) is 4.30. The van der Waals surface area contributed by atoms with Crippen LogP contribution in [0.15, 0.2) is 54.6 Å². The molecule has 2 aromatic carbocycles. The Balaban J connectivity index is 1.99. The van der Waals surface area contributed by atoms with Crippen molar-refractivity contribution in [2.75, 3.05) is 18.0 Å². The Bertz CT molecular complexity index is 579. The summed E-state index contributed by atoms with van der Waals surface area (Å²) in [6.45, 7) is 7.47. The number of nitrogens with one attached hydrogen (secondary N) is 1. The van der Waals surface area contributed by atoms with Crippen LogP contribution in [0.25, 0.3) is 0 Å². The zero-order valence-electron chi connectivity index (χ0n) is 12.3. The summed E-state index contributed by atoms with van der Waals surface area (Å²) in [7, 11) is 0. The van der Waals surface area contributed by atoms with Crippen molar-refractivity contribution >= 4 is 5.69 Å². The van der Waals surface area contributed by atoms with Crippen molar-refractivity contribution in [1.29, 1.82) is 0 Å². The molecule has 1 aliphatic heterocycles. The first-order valence-corrected chi connectivity index (χ1v) is 7.36. The molecule has 104 valence electrons. The molecule has 2 nitrogen and oxygen atoms in total. The van der Waals surface area contributed by atoms with Crippen molar-refractivity contribution in [3.8, 4) is 0 Å². The highest BCUT2D eigenvalue weighted by molar-refractivity contribution is 5.55. The zero-order valence-corrected chi connectivity index (χ0v) is 12.3. The van der Waals surface area contributed by atoms with Gasteiger partial charge < -0.3 is 10.2 Å². The van der Waals surface area contributed by atoms with E-state index in [0.29, 0.717) is 0 Å². The topological polar surface area (TPSA) is 15.3 Å². The summed E-state index contributed by atoms with van der Waals surface area (Å²) in [5.41, 5.74) is 4.08. The molecule has 3 rings (SSSR count). The lowest BCUT2D eigenvalue weighted by Crippen LogP contribution is -2.46. The number of rotatable bonds is 2. The lowest BCUT2D eigenvalue weighted by Gasteiger charge is -2.35. The van der Waals surface area contributed by atoms with Gasteiger partial charge in [0.15, 0.2) is 0 Å². The molecule has 20 heavy (non-hydrogen) atoms. The summed E-state index contributed by atoms with van der Waals surface area (Å²) in [6, 6.07) is 19.5. The molecule has 0 spiro atoms. The Kier molecular flexibility index (Phi) is 3.49. The molecular formula is C18H22N2. The number of hydrogen-bond donors (Lipinski definition) is 1. The quantitative estimate of drug-likeness (QED) is 0.894. The molecule has 0 amide bonds. The van der Waals surface area contributed by atoms with Crippen molar-refractivity contribution in [2.24, 2.45) is 0 Å². The Labute approximate surface area is 121 Å². The fourth-order valence-electron chi connectivity index (χ4n) is 3.06. The normalized spacial score (nSPS) is 22.2. The van der Waals surface area contributed by atoms with E-state index in [2.05, 4.69) is 78.7 Å². The molecule has 1 unspecified atom stereocenters. The number of benzene rings is 2. The highest BCUT2D eigenvalue weighted by Gasteiger charge is 2.31. The summed E-state index contributed by atoms with van der Waals surface area (Å²) >= 11 is 0. The number of para-hydroxylation sites is 1. The molecule has 0 aromatic heterocycles. The van der Waals surface area contributed by atoms with Gasteiger partial charge >= 0.3 is 0 Å². The molecule has 2 heteroatoms. The van der Waals surface area contributed by atoms with E-state index in [0.717, 1.165) is 19.6 Å². The molecule has 1 heterocycles. The van der Waals surface area contributed by atoms with Gasteiger partial charge in [-0.3, -0.25) is 0 Å². The first kappa shape index (κ1) is 13.2. The van der Waals surface area contributed by atoms with Crippen LogP contribution < -0.4 is 10.2 Å². The summed E-state index contributed by atoms with van der Waals surface area (Å²) < 4.78 is 0. The van der Waals surface area contributed by atoms with Crippen LogP contribution in [0.2, 0.25) is 0 Å². The smallest absolute Gasteiger partial charge is 0.0586 e. The van der Waals surface area contributed by atoms with Gasteiger partial charge in [-0.05, 0) is 31.0 Å². The van der Waals surface area contributed by atoms with Crippen LogP contribution in [-0.4, -0.2) is 13.1 Å². The molecule has 0 saturated heterocycles. The summed E-state index contributed by atoms with van der Waals surface area (Å²) in [5.74, 6) is 0. The van der Waals surface area contributed by atoms with E-state index in [1.807, 2.05) is 0 Å².